The molecule has 2 heterocycles. The number of hydrogen-bond acceptors (Lipinski definition) is 4. The molecular formula is C13H26N2O2. The quantitative estimate of drug-likeness (QED) is 0.781. The standard InChI is InChI=1S/C13H26N2O2/c1-13(2,16-3)12(14)6-7-15-8-10-4-5-11(9-15)17-10/h10-12H,4-9,14H2,1-3H3. The van der Waals surface area contributed by atoms with Crippen LogP contribution in [0.2, 0.25) is 0 Å². The topological polar surface area (TPSA) is 47.7 Å². The smallest absolute Gasteiger partial charge is 0.0773 e. The first-order valence-electron chi connectivity index (χ1n) is 6.70. The minimum Gasteiger partial charge on any atom is -0.377 e. The summed E-state index contributed by atoms with van der Waals surface area (Å²) in [7, 11) is 1.73. The lowest BCUT2D eigenvalue weighted by atomic mass is 9.96. The fraction of sp³-hybridized carbons (Fsp3) is 1.00. The average molecular weight is 242 g/mol. The molecular weight excluding hydrogens is 216 g/mol. The van der Waals surface area contributed by atoms with Crippen LogP contribution in [0.3, 0.4) is 0 Å². The van der Waals surface area contributed by atoms with Gasteiger partial charge < -0.3 is 15.2 Å². The summed E-state index contributed by atoms with van der Waals surface area (Å²) in [5.41, 5.74) is 5.95. The second kappa shape index (κ2) is 5.22. The van der Waals surface area contributed by atoms with Gasteiger partial charge in [-0.2, -0.15) is 0 Å². The monoisotopic (exact) mass is 242 g/mol. The average Bonchev–Trinajstić information content (AvgIpc) is 2.65. The highest BCUT2D eigenvalue weighted by atomic mass is 16.5. The number of nitrogens with two attached hydrogens (primary N) is 1. The third-order valence-electron chi connectivity index (χ3n) is 4.29. The summed E-state index contributed by atoms with van der Waals surface area (Å²) in [6.45, 7) is 7.33. The van der Waals surface area contributed by atoms with Crippen molar-refractivity contribution in [3.05, 3.63) is 0 Å². The van der Waals surface area contributed by atoms with Gasteiger partial charge in [0.25, 0.3) is 0 Å². The number of hydrogen-bond donors (Lipinski definition) is 1. The number of methoxy groups -OCH3 is 1. The first-order valence-corrected chi connectivity index (χ1v) is 6.70. The Hall–Kier alpha value is -0.160. The predicted molar refractivity (Wildman–Crippen MR) is 68.0 cm³/mol. The third-order valence-corrected chi connectivity index (χ3v) is 4.29. The van der Waals surface area contributed by atoms with Gasteiger partial charge in [-0.25, -0.2) is 0 Å². The van der Waals surface area contributed by atoms with Crippen molar-refractivity contribution < 1.29 is 9.47 Å². The predicted octanol–water partition coefficient (Wildman–Crippen LogP) is 0.992. The van der Waals surface area contributed by atoms with Crippen LogP contribution in [-0.4, -0.2) is 55.5 Å². The minimum absolute atomic E-state index is 0.0907. The van der Waals surface area contributed by atoms with E-state index in [4.69, 9.17) is 15.2 Å². The van der Waals surface area contributed by atoms with Crippen molar-refractivity contribution >= 4 is 0 Å². The van der Waals surface area contributed by atoms with E-state index in [-0.39, 0.29) is 11.6 Å². The Balaban J connectivity index is 1.75. The van der Waals surface area contributed by atoms with Crippen molar-refractivity contribution in [2.45, 2.75) is 57.0 Å². The number of rotatable bonds is 5. The summed E-state index contributed by atoms with van der Waals surface area (Å²) in [5.74, 6) is 0. The number of likely N-dealkylation sites (tertiary alicyclic amines) is 1. The molecule has 4 nitrogen and oxygen atoms in total. The molecule has 2 aliphatic rings. The Bertz CT molecular complexity index is 246. The molecule has 2 aliphatic heterocycles. The van der Waals surface area contributed by atoms with Gasteiger partial charge in [0.05, 0.1) is 17.8 Å². The molecule has 0 radical (unpaired) electrons. The first kappa shape index (κ1) is 13.3. The van der Waals surface area contributed by atoms with Crippen LogP contribution < -0.4 is 5.73 Å². The molecule has 2 fully saturated rings. The molecule has 3 unspecified atom stereocenters. The van der Waals surface area contributed by atoms with E-state index in [9.17, 15) is 0 Å². The van der Waals surface area contributed by atoms with Gasteiger partial charge in [-0.3, -0.25) is 4.90 Å². The highest BCUT2D eigenvalue weighted by Gasteiger charge is 2.34. The fourth-order valence-corrected chi connectivity index (χ4v) is 2.70. The van der Waals surface area contributed by atoms with Gasteiger partial charge in [-0.1, -0.05) is 0 Å². The van der Waals surface area contributed by atoms with E-state index in [2.05, 4.69) is 18.7 Å². The van der Waals surface area contributed by atoms with Crippen LogP contribution in [0.15, 0.2) is 0 Å². The molecule has 2 rings (SSSR count). The van der Waals surface area contributed by atoms with E-state index in [0.717, 1.165) is 26.1 Å². The third kappa shape index (κ3) is 3.19. The van der Waals surface area contributed by atoms with Crippen molar-refractivity contribution in [3.63, 3.8) is 0 Å². The maximum absolute atomic E-state index is 6.18. The Morgan fingerprint density at radius 3 is 2.47 bits per heavy atom. The van der Waals surface area contributed by atoms with E-state index in [1.807, 2.05) is 0 Å². The van der Waals surface area contributed by atoms with Crippen LogP contribution in [-0.2, 0) is 9.47 Å². The maximum atomic E-state index is 6.18. The van der Waals surface area contributed by atoms with Gasteiger partial charge >= 0.3 is 0 Å². The number of fused-ring (bicyclic) bond motifs is 2. The SMILES string of the molecule is COC(C)(C)C(N)CCN1CC2CCC(C1)O2. The molecule has 2 N–H and O–H groups in total. The van der Waals surface area contributed by atoms with Crippen LogP contribution >= 0.6 is 0 Å². The molecule has 17 heavy (non-hydrogen) atoms. The lowest BCUT2D eigenvalue weighted by Gasteiger charge is -2.35. The van der Waals surface area contributed by atoms with Crippen LogP contribution in [0.5, 0.6) is 0 Å². The maximum Gasteiger partial charge on any atom is 0.0773 e. The van der Waals surface area contributed by atoms with Crippen molar-refractivity contribution in [3.8, 4) is 0 Å². The second-order valence-electron chi connectivity index (χ2n) is 5.92. The lowest BCUT2D eigenvalue weighted by molar-refractivity contribution is -0.0440. The van der Waals surface area contributed by atoms with Gasteiger partial charge in [-0.15, -0.1) is 0 Å². The van der Waals surface area contributed by atoms with Crippen molar-refractivity contribution in [1.82, 2.24) is 4.90 Å². The summed E-state index contributed by atoms with van der Waals surface area (Å²) in [4.78, 5) is 2.50. The molecule has 0 aromatic heterocycles. The largest absolute Gasteiger partial charge is 0.377 e. The van der Waals surface area contributed by atoms with E-state index >= 15 is 0 Å². The Morgan fingerprint density at radius 2 is 1.94 bits per heavy atom. The zero-order chi connectivity index (χ0) is 12.5. The molecule has 0 aromatic carbocycles. The molecule has 2 bridgehead atoms. The van der Waals surface area contributed by atoms with Crippen LogP contribution in [0.4, 0.5) is 0 Å². The molecule has 0 aliphatic carbocycles. The van der Waals surface area contributed by atoms with Gasteiger partial charge in [0, 0.05) is 26.2 Å². The molecule has 0 aromatic rings. The Morgan fingerprint density at radius 1 is 1.35 bits per heavy atom. The van der Waals surface area contributed by atoms with Gasteiger partial charge in [0.1, 0.15) is 0 Å². The second-order valence-corrected chi connectivity index (χ2v) is 5.92. The minimum atomic E-state index is -0.231. The Labute approximate surface area is 104 Å². The van der Waals surface area contributed by atoms with Crippen molar-refractivity contribution in [1.29, 1.82) is 0 Å². The van der Waals surface area contributed by atoms with Gasteiger partial charge in [-0.05, 0) is 39.7 Å². The molecule has 3 atom stereocenters. The molecule has 4 heteroatoms. The number of morpholine rings is 1. The van der Waals surface area contributed by atoms with Crippen LogP contribution in [0, 0.1) is 0 Å². The summed E-state index contributed by atoms with van der Waals surface area (Å²) >= 11 is 0. The summed E-state index contributed by atoms with van der Waals surface area (Å²) in [5, 5.41) is 0. The zero-order valence-corrected chi connectivity index (χ0v) is 11.3. The normalized spacial score (nSPS) is 31.8. The molecule has 2 saturated heterocycles. The number of ether oxygens (including phenoxy) is 2. The summed E-state index contributed by atoms with van der Waals surface area (Å²) < 4.78 is 11.3. The van der Waals surface area contributed by atoms with Crippen molar-refractivity contribution in [2.75, 3.05) is 26.7 Å². The molecule has 0 saturated carbocycles. The van der Waals surface area contributed by atoms with Crippen molar-refractivity contribution in [2.24, 2.45) is 5.73 Å². The molecule has 100 valence electrons. The fourth-order valence-electron chi connectivity index (χ4n) is 2.70. The van der Waals surface area contributed by atoms with Crippen LogP contribution in [0.25, 0.3) is 0 Å². The number of nitrogens with zero attached hydrogens (tertiary/aromatic N) is 1. The summed E-state index contributed by atoms with van der Waals surface area (Å²) in [6, 6.07) is 0.0907. The Kier molecular flexibility index (Phi) is 4.08. The van der Waals surface area contributed by atoms with E-state index in [1.54, 1.807) is 7.11 Å². The summed E-state index contributed by atoms with van der Waals surface area (Å²) in [6.07, 6.45) is 4.40. The zero-order valence-electron chi connectivity index (χ0n) is 11.3. The van der Waals surface area contributed by atoms with Crippen LogP contribution in [0.1, 0.15) is 33.1 Å². The van der Waals surface area contributed by atoms with E-state index < -0.39 is 0 Å². The first-order chi connectivity index (χ1) is 8.01. The van der Waals surface area contributed by atoms with Gasteiger partial charge in [0.15, 0.2) is 0 Å². The van der Waals surface area contributed by atoms with Gasteiger partial charge in [0.2, 0.25) is 0 Å². The van der Waals surface area contributed by atoms with E-state index in [1.165, 1.54) is 12.8 Å². The highest BCUT2D eigenvalue weighted by Crippen LogP contribution is 2.26. The molecule has 0 spiro atoms. The van der Waals surface area contributed by atoms with E-state index in [0.29, 0.717) is 12.2 Å². The molecule has 0 amide bonds. The highest BCUT2D eigenvalue weighted by molar-refractivity contribution is 4.87. The lowest BCUT2D eigenvalue weighted by Crippen LogP contribution is -2.49.